The number of amides is 1. The standard InChI is InChI=1S/C17H19FN4O/c1-12-16(13(2)22(21-12)11-3-10-19)8-9-17(23)20-15-6-4-14(18)5-7-15/h4-7H,3,8-9,11H2,1-2H3,(H,20,23). The molecule has 0 unspecified atom stereocenters. The summed E-state index contributed by atoms with van der Waals surface area (Å²) in [6.07, 6.45) is 1.31. The van der Waals surface area contributed by atoms with E-state index in [1.54, 1.807) is 0 Å². The maximum atomic E-state index is 12.8. The molecule has 0 radical (unpaired) electrons. The number of halogens is 1. The van der Waals surface area contributed by atoms with Crippen molar-refractivity contribution in [2.45, 2.75) is 39.7 Å². The Labute approximate surface area is 134 Å². The normalized spacial score (nSPS) is 10.3. The summed E-state index contributed by atoms with van der Waals surface area (Å²) in [5, 5.41) is 15.8. The van der Waals surface area contributed by atoms with Gasteiger partial charge in [-0.3, -0.25) is 9.48 Å². The average molecular weight is 314 g/mol. The highest BCUT2D eigenvalue weighted by atomic mass is 19.1. The fraction of sp³-hybridized carbons (Fsp3) is 0.353. The zero-order chi connectivity index (χ0) is 16.8. The van der Waals surface area contributed by atoms with Gasteiger partial charge in [-0.2, -0.15) is 10.4 Å². The second-order valence-electron chi connectivity index (χ2n) is 5.34. The summed E-state index contributed by atoms with van der Waals surface area (Å²) >= 11 is 0. The first-order valence-electron chi connectivity index (χ1n) is 7.46. The van der Waals surface area contributed by atoms with E-state index in [1.807, 2.05) is 18.5 Å². The van der Waals surface area contributed by atoms with Crippen LogP contribution < -0.4 is 5.32 Å². The quantitative estimate of drug-likeness (QED) is 0.890. The first kappa shape index (κ1) is 16.7. The van der Waals surface area contributed by atoms with Crippen LogP contribution in [0.2, 0.25) is 0 Å². The van der Waals surface area contributed by atoms with Crippen molar-refractivity contribution in [3.8, 4) is 6.07 Å². The minimum atomic E-state index is -0.334. The maximum Gasteiger partial charge on any atom is 0.224 e. The van der Waals surface area contributed by atoms with Crippen LogP contribution in [-0.4, -0.2) is 15.7 Å². The molecule has 2 aromatic rings. The third kappa shape index (κ3) is 4.39. The van der Waals surface area contributed by atoms with Gasteiger partial charge in [0.05, 0.1) is 24.7 Å². The van der Waals surface area contributed by atoms with Crippen LogP contribution >= 0.6 is 0 Å². The van der Waals surface area contributed by atoms with Gasteiger partial charge in [0.15, 0.2) is 0 Å². The number of aryl methyl sites for hydroxylation is 2. The second-order valence-corrected chi connectivity index (χ2v) is 5.34. The molecule has 1 heterocycles. The number of anilines is 1. The minimum absolute atomic E-state index is 0.125. The van der Waals surface area contributed by atoms with Crippen molar-refractivity contribution in [3.05, 3.63) is 47.0 Å². The van der Waals surface area contributed by atoms with E-state index in [9.17, 15) is 9.18 Å². The molecule has 1 N–H and O–H groups in total. The lowest BCUT2D eigenvalue weighted by Crippen LogP contribution is -2.12. The van der Waals surface area contributed by atoms with Gasteiger partial charge >= 0.3 is 0 Å². The lowest BCUT2D eigenvalue weighted by molar-refractivity contribution is -0.116. The van der Waals surface area contributed by atoms with Crippen LogP contribution in [0.15, 0.2) is 24.3 Å². The number of carbonyl (C=O) groups is 1. The largest absolute Gasteiger partial charge is 0.326 e. The van der Waals surface area contributed by atoms with Crippen LogP contribution in [0.3, 0.4) is 0 Å². The van der Waals surface area contributed by atoms with Crippen LogP contribution in [-0.2, 0) is 17.8 Å². The highest BCUT2D eigenvalue weighted by molar-refractivity contribution is 5.90. The molecule has 2 rings (SSSR count). The molecule has 1 aromatic heterocycles. The predicted molar refractivity (Wildman–Crippen MR) is 85.3 cm³/mol. The van der Waals surface area contributed by atoms with Crippen molar-refractivity contribution in [2.24, 2.45) is 0 Å². The fourth-order valence-corrected chi connectivity index (χ4v) is 2.46. The molecular formula is C17H19FN4O. The Hall–Kier alpha value is -2.68. The van der Waals surface area contributed by atoms with E-state index in [4.69, 9.17) is 5.26 Å². The van der Waals surface area contributed by atoms with E-state index in [1.165, 1.54) is 24.3 Å². The lowest BCUT2D eigenvalue weighted by atomic mass is 10.1. The number of nitrogens with one attached hydrogen (secondary N) is 1. The number of aromatic nitrogens is 2. The van der Waals surface area contributed by atoms with E-state index in [-0.39, 0.29) is 11.7 Å². The Bertz CT molecular complexity index is 728. The Balaban J connectivity index is 1.95. The first-order valence-corrected chi connectivity index (χ1v) is 7.46. The molecule has 0 saturated carbocycles. The van der Waals surface area contributed by atoms with Crippen molar-refractivity contribution >= 4 is 11.6 Å². The number of rotatable bonds is 6. The van der Waals surface area contributed by atoms with Gasteiger partial charge < -0.3 is 5.32 Å². The van der Waals surface area contributed by atoms with Crippen LogP contribution in [0.4, 0.5) is 10.1 Å². The zero-order valence-corrected chi connectivity index (χ0v) is 13.3. The first-order chi connectivity index (χ1) is 11.0. The second kappa shape index (κ2) is 7.54. The Morgan fingerprint density at radius 1 is 1.35 bits per heavy atom. The molecule has 0 fully saturated rings. The summed E-state index contributed by atoms with van der Waals surface area (Å²) in [5.41, 5.74) is 3.49. The van der Waals surface area contributed by atoms with Gasteiger partial charge in [0, 0.05) is 17.8 Å². The van der Waals surface area contributed by atoms with Crippen LogP contribution in [0.1, 0.15) is 29.8 Å². The molecule has 0 bridgehead atoms. The molecule has 1 amide bonds. The van der Waals surface area contributed by atoms with Gasteiger partial charge in [-0.25, -0.2) is 4.39 Å². The summed E-state index contributed by atoms with van der Waals surface area (Å²) in [6.45, 7) is 4.42. The van der Waals surface area contributed by atoms with Gasteiger partial charge in [0.25, 0.3) is 0 Å². The van der Waals surface area contributed by atoms with E-state index in [0.29, 0.717) is 31.5 Å². The van der Waals surface area contributed by atoms with Crippen molar-refractivity contribution in [3.63, 3.8) is 0 Å². The topological polar surface area (TPSA) is 70.7 Å². The summed E-state index contributed by atoms with van der Waals surface area (Å²) < 4.78 is 14.6. The van der Waals surface area contributed by atoms with E-state index >= 15 is 0 Å². The number of nitrogens with zero attached hydrogens (tertiary/aromatic N) is 3. The molecule has 0 saturated heterocycles. The molecule has 6 heteroatoms. The number of benzene rings is 1. The molecule has 0 aliphatic rings. The van der Waals surface area contributed by atoms with Crippen LogP contribution in [0.5, 0.6) is 0 Å². The summed E-state index contributed by atoms with van der Waals surface area (Å²) in [6, 6.07) is 7.78. The van der Waals surface area contributed by atoms with E-state index in [2.05, 4.69) is 16.5 Å². The van der Waals surface area contributed by atoms with Gasteiger partial charge in [-0.05, 0) is 50.1 Å². The number of hydrogen-bond acceptors (Lipinski definition) is 3. The van der Waals surface area contributed by atoms with Crippen LogP contribution in [0.25, 0.3) is 0 Å². The molecule has 23 heavy (non-hydrogen) atoms. The number of nitriles is 1. The van der Waals surface area contributed by atoms with Gasteiger partial charge in [-0.1, -0.05) is 0 Å². The van der Waals surface area contributed by atoms with E-state index < -0.39 is 0 Å². The number of carbonyl (C=O) groups excluding carboxylic acids is 1. The Morgan fingerprint density at radius 2 is 2.04 bits per heavy atom. The highest BCUT2D eigenvalue weighted by Gasteiger charge is 2.13. The molecule has 1 aromatic carbocycles. The average Bonchev–Trinajstić information content (AvgIpc) is 2.79. The maximum absolute atomic E-state index is 12.8. The monoisotopic (exact) mass is 314 g/mol. The van der Waals surface area contributed by atoms with Gasteiger partial charge in [-0.15, -0.1) is 0 Å². The summed E-state index contributed by atoms with van der Waals surface area (Å²) in [5.74, 6) is -0.459. The number of hydrogen-bond donors (Lipinski definition) is 1. The SMILES string of the molecule is Cc1nn(CCC#N)c(C)c1CCC(=O)Nc1ccc(F)cc1. The zero-order valence-electron chi connectivity index (χ0n) is 13.3. The van der Waals surface area contributed by atoms with Gasteiger partial charge in [0.2, 0.25) is 5.91 Å². The lowest BCUT2D eigenvalue weighted by Gasteiger charge is -2.06. The molecule has 0 aliphatic heterocycles. The third-order valence-electron chi connectivity index (χ3n) is 3.70. The third-order valence-corrected chi connectivity index (χ3v) is 3.70. The summed E-state index contributed by atoms with van der Waals surface area (Å²) in [7, 11) is 0. The molecule has 120 valence electrons. The molecule has 0 atom stereocenters. The predicted octanol–water partition coefficient (Wildman–Crippen LogP) is 3.12. The molecular weight excluding hydrogens is 295 g/mol. The van der Waals surface area contributed by atoms with Crippen molar-refractivity contribution in [1.82, 2.24) is 9.78 Å². The molecule has 0 spiro atoms. The highest BCUT2D eigenvalue weighted by Crippen LogP contribution is 2.16. The minimum Gasteiger partial charge on any atom is -0.326 e. The molecule has 0 aliphatic carbocycles. The smallest absolute Gasteiger partial charge is 0.224 e. The fourth-order valence-electron chi connectivity index (χ4n) is 2.46. The van der Waals surface area contributed by atoms with E-state index in [0.717, 1.165) is 17.0 Å². The van der Waals surface area contributed by atoms with Crippen molar-refractivity contribution in [2.75, 3.05) is 5.32 Å². The van der Waals surface area contributed by atoms with Crippen LogP contribution in [0, 0.1) is 31.0 Å². The Morgan fingerprint density at radius 3 is 2.70 bits per heavy atom. The Kier molecular flexibility index (Phi) is 5.47. The van der Waals surface area contributed by atoms with Crippen molar-refractivity contribution < 1.29 is 9.18 Å². The molecule has 5 nitrogen and oxygen atoms in total. The van der Waals surface area contributed by atoms with Crippen molar-refractivity contribution in [1.29, 1.82) is 5.26 Å². The van der Waals surface area contributed by atoms with Gasteiger partial charge in [0.1, 0.15) is 5.82 Å². The summed E-state index contributed by atoms with van der Waals surface area (Å²) in [4.78, 5) is 12.0.